The lowest BCUT2D eigenvalue weighted by Gasteiger charge is -2.31. The molecule has 0 spiro atoms. The third-order valence-corrected chi connectivity index (χ3v) is 7.02. The number of benzene rings is 3. The predicted molar refractivity (Wildman–Crippen MR) is 116 cm³/mol. The highest BCUT2D eigenvalue weighted by molar-refractivity contribution is 7.93. The van der Waals surface area contributed by atoms with Gasteiger partial charge in [-0.15, -0.1) is 0 Å². The van der Waals surface area contributed by atoms with Gasteiger partial charge in [-0.1, -0.05) is 48.5 Å². The monoisotopic (exact) mass is 422 g/mol. The molecule has 1 aliphatic rings. The zero-order valence-corrected chi connectivity index (χ0v) is 17.5. The zero-order chi connectivity index (χ0) is 21.3. The van der Waals surface area contributed by atoms with Gasteiger partial charge in [0, 0.05) is 11.1 Å². The lowest BCUT2D eigenvalue weighted by molar-refractivity contribution is -0.120. The SMILES string of the molecule is COc1ccc([C@H](C)NC(=O)CN2c3ccccc3-c3ccccc3S2(=O)=O)cc1. The molecule has 30 heavy (non-hydrogen) atoms. The molecule has 0 saturated heterocycles. The number of nitrogens with zero attached hydrogens (tertiary/aromatic N) is 1. The topological polar surface area (TPSA) is 75.7 Å². The third kappa shape index (κ3) is 3.52. The van der Waals surface area contributed by atoms with E-state index in [2.05, 4.69) is 5.32 Å². The second kappa shape index (κ2) is 7.84. The van der Waals surface area contributed by atoms with Crippen LogP contribution in [0.1, 0.15) is 18.5 Å². The average molecular weight is 423 g/mol. The molecule has 1 atom stereocenters. The van der Waals surface area contributed by atoms with Crippen molar-refractivity contribution < 1.29 is 17.9 Å². The van der Waals surface area contributed by atoms with Crippen molar-refractivity contribution in [3.63, 3.8) is 0 Å². The molecule has 1 aliphatic heterocycles. The van der Waals surface area contributed by atoms with E-state index in [9.17, 15) is 13.2 Å². The Bertz CT molecular complexity index is 1190. The van der Waals surface area contributed by atoms with Gasteiger partial charge in [-0.2, -0.15) is 0 Å². The molecule has 0 aliphatic carbocycles. The summed E-state index contributed by atoms with van der Waals surface area (Å²) in [6.45, 7) is 1.56. The van der Waals surface area contributed by atoms with Crippen LogP contribution in [0.4, 0.5) is 5.69 Å². The lowest BCUT2D eigenvalue weighted by atomic mass is 10.0. The van der Waals surface area contributed by atoms with Crippen molar-refractivity contribution in [2.45, 2.75) is 17.9 Å². The summed E-state index contributed by atoms with van der Waals surface area (Å²) in [5.74, 6) is 0.350. The minimum absolute atomic E-state index is 0.208. The van der Waals surface area contributed by atoms with Gasteiger partial charge in [0.05, 0.1) is 23.7 Å². The fourth-order valence-corrected chi connectivity index (χ4v) is 5.29. The maximum Gasteiger partial charge on any atom is 0.265 e. The minimum atomic E-state index is -3.84. The number of amides is 1. The Hall–Kier alpha value is -3.32. The van der Waals surface area contributed by atoms with Crippen molar-refractivity contribution in [2.24, 2.45) is 0 Å². The van der Waals surface area contributed by atoms with E-state index in [-0.39, 0.29) is 23.4 Å². The molecular formula is C23H22N2O4S. The van der Waals surface area contributed by atoms with E-state index in [1.807, 2.05) is 49.4 Å². The normalized spacial score (nSPS) is 14.9. The van der Waals surface area contributed by atoms with E-state index in [4.69, 9.17) is 4.74 Å². The standard InChI is InChI=1S/C23H22N2O4S/c1-16(17-11-13-18(29-2)14-12-17)24-23(26)15-25-21-9-5-3-7-19(21)20-8-4-6-10-22(20)30(25,27)28/h3-14,16H,15H2,1-2H3,(H,24,26)/t16-/m0/s1. The maximum absolute atomic E-state index is 13.3. The first-order valence-corrected chi connectivity index (χ1v) is 11.0. The fraction of sp³-hybridized carbons (Fsp3) is 0.174. The van der Waals surface area contributed by atoms with E-state index in [1.165, 1.54) is 4.31 Å². The number of carbonyl (C=O) groups excluding carboxylic acids is 1. The molecule has 0 aromatic heterocycles. The Morgan fingerprint density at radius 3 is 2.30 bits per heavy atom. The Labute approximate surface area is 176 Å². The van der Waals surface area contributed by atoms with Gasteiger partial charge in [-0.05, 0) is 36.8 Å². The molecule has 7 heteroatoms. The number of carbonyl (C=O) groups is 1. The molecule has 1 amide bonds. The molecule has 0 bridgehead atoms. The van der Waals surface area contributed by atoms with Gasteiger partial charge < -0.3 is 10.1 Å². The van der Waals surface area contributed by atoms with E-state index < -0.39 is 10.0 Å². The van der Waals surface area contributed by atoms with Crippen LogP contribution in [0.2, 0.25) is 0 Å². The molecule has 154 valence electrons. The molecule has 0 saturated carbocycles. The number of fused-ring (bicyclic) bond motifs is 3. The molecule has 4 rings (SSSR count). The van der Waals surface area contributed by atoms with Crippen molar-refractivity contribution in [3.05, 3.63) is 78.4 Å². The second-order valence-electron chi connectivity index (χ2n) is 7.09. The van der Waals surface area contributed by atoms with Crippen molar-refractivity contribution >= 4 is 21.6 Å². The number of hydrogen-bond donors (Lipinski definition) is 1. The molecule has 0 unspecified atom stereocenters. The molecule has 0 fully saturated rings. The molecule has 3 aromatic carbocycles. The van der Waals surface area contributed by atoms with Crippen molar-refractivity contribution in [2.75, 3.05) is 18.0 Å². The van der Waals surface area contributed by atoms with Crippen LogP contribution in [0, 0.1) is 0 Å². The smallest absolute Gasteiger partial charge is 0.265 e. The van der Waals surface area contributed by atoms with Gasteiger partial charge in [0.25, 0.3) is 10.0 Å². The van der Waals surface area contributed by atoms with Crippen LogP contribution < -0.4 is 14.4 Å². The molecular weight excluding hydrogens is 400 g/mol. The Balaban J connectivity index is 1.60. The summed E-state index contributed by atoms with van der Waals surface area (Å²) in [6, 6.07) is 21.2. The van der Waals surface area contributed by atoms with Crippen LogP contribution >= 0.6 is 0 Å². The quantitative estimate of drug-likeness (QED) is 0.680. The van der Waals surface area contributed by atoms with E-state index >= 15 is 0 Å². The molecule has 0 radical (unpaired) electrons. The Morgan fingerprint density at radius 1 is 0.967 bits per heavy atom. The van der Waals surface area contributed by atoms with E-state index in [0.717, 1.165) is 16.9 Å². The fourth-order valence-electron chi connectivity index (χ4n) is 3.64. The molecule has 6 nitrogen and oxygen atoms in total. The first-order chi connectivity index (χ1) is 14.4. The number of hydrogen-bond acceptors (Lipinski definition) is 4. The summed E-state index contributed by atoms with van der Waals surface area (Å²) >= 11 is 0. The first-order valence-electron chi connectivity index (χ1n) is 9.56. The number of ether oxygens (including phenoxy) is 1. The van der Waals surface area contributed by atoms with Crippen LogP contribution in [0.5, 0.6) is 5.75 Å². The van der Waals surface area contributed by atoms with Crippen LogP contribution in [0.15, 0.2) is 77.7 Å². The molecule has 3 aromatic rings. The maximum atomic E-state index is 13.3. The number of sulfonamides is 1. The Kier molecular flexibility index (Phi) is 5.22. The summed E-state index contributed by atoms with van der Waals surface area (Å²) in [7, 11) is -2.25. The van der Waals surface area contributed by atoms with Crippen molar-refractivity contribution in [3.8, 4) is 16.9 Å². The summed E-state index contributed by atoms with van der Waals surface area (Å²) in [6.07, 6.45) is 0. The summed E-state index contributed by atoms with van der Waals surface area (Å²) in [4.78, 5) is 13.0. The second-order valence-corrected chi connectivity index (χ2v) is 8.92. The number of nitrogens with one attached hydrogen (secondary N) is 1. The molecule has 1 heterocycles. The number of anilines is 1. The Morgan fingerprint density at radius 2 is 1.60 bits per heavy atom. The van der Waals surface area contributed by atoms with Gasteiger partial charge >= 0.3 is 0 Å². The average Bonchev–Trinajstić information content (AvgIpc) is 2.77. The summed E-state index contributed by atoms with van der Waals surface area (Å²) in [5.41, 5.74) is 2.84. The van der Waals surface area contributed by atoms with Gasteiger partial charge in [0.15, 0.2) is 0 Å². The van der Waals surface area contributed by atoms with Crippen LogP contribution in [-0.4, -0.2) is 28.0 Å². The van der Waals surface area contributed by atoms with E-state index in [0.29, 0.717) is 11.3 Å². The van der Waals surface area contributed by atoms with E-state index in [1.54, 1.807) is 37.4 Å². The highest BCUT2D eigenvalue weighted by Gasteiger charge is 2.35. The van der Waals surface area contributed by atoms with Crippen molar-refractivity contribution in [1.29, 1.82) is 0 Å². The van der Waals surface area contributed by atoms with Crippen LogP contribution in [0.3, 0.4) is 0 Å². The minimum Gasteiger partial charge on any atom is -0.497 e. The van der Waals surface area contributed by atoms with Crippen LogP contribution in [-0.2, 0) is 14.8 Å². The van der Waals surface area contributed by atoms with Crippen molar-refractivity contribution in [1.82, 2.24) is 5.32 Å². The van der Waals surface area contributed by atoms with Gasteiger partial charge in [-0.25, -0.2) is 8.42 Å². The van der Waals surface area contributed by atoms with Gasteiger partial charge in [0.1, 0.15) is 12.3 Å². The predicted octanol–water partition coefficient (Wildman–Crippen LogP) is 3.75. The number of rotatable bonds is 5. The first kappa shape index (κ1) is 20.0. The summed E-state index contributed by atoms with van der Waals surface area (Å²) < 4.78 is 32.9. The van der Waals surface area contributed by atoms with Crippen LogP contribution in [0.25, 0.3) is 11.1 Å². The zero-order valence-electron chi connectivity index (χ0n) is 16.7. The number of para-hydroxylation sites is 1. The lowest BCUT2D eigenvalue weighted by Crippen LogP contribution is -2.43. The number of methoxy groups -OCH3 is 1. The van der Waals surface area contributed by atoms with Gasteiger partial charge in [0.2, 0.25) is 5.91 Å². The molecule has 1 N–H and O–H groups in total. The highest BCUT2D eigenvalue weighted by Crippen LogP contribution is 2.42. The highest BCUT2D eigenvalue weighted by atomic mass is 32.2. The summed E-state index contributed by atoms with van der Waals surface area (Å²) in [5, 5.41) is 2.89. The third-order valence-electron chi connectivity index (χ3n) is 5.20. The van der Waals surface area contributed by atoms with Gasteiger partial charge in [-0.3, -0.25) is 9.10 Å². The largest absolute Gasteiger partial charge is 0.497 e.